The third-order valence-corrected chi connectivity index (χ3v) is 7.95. The molecule has 4 heteroatoms. The van der Waals surface area contributed by atoms with Crippen LogP contribution in [0.2, 0.25) is 0 Å². The molecule has 3 N–H and O–H groups in total. The number of hydrogen-bond donors (Lipinski definition) is 3. The van der Waals surface area contributed by atoms with Crippen molar-refractivity contribution in [3.8, 4) is 0 Å². The van der Waals surface area contributed by atoms with Gasteiger partial charge in [-0.15, -0.1) is 0 Å². The summed E-state index contributed by atoms with van der Waals surface area (Å²) in [7, 11) is -1.86. The summed E-state index contributed by atoms with van der Waals surface area (Å²) in [5, 5.41) is 27.9. The fourth-order valence-electron chi connectivity index (χ4n) is 2.99. The topological polar surface area (TPSA) is 60.7 Å². The molecule has 0 aliphatic rings. The van der Waals surface area contributed by atoms with Crippen LogP contribution in [0.1, 0.15) is 96.8 Å². The summed E-state index contributed by atoms with van der Waals surface area (Å²) in [5.41, 5.74) is 0. The molecule has 0 rings (SSSR count). The van der Waals surface area contributed by atoms with Crippen LogP contribution in [0, 0.1) is 0 Å². The zero-order chi connectivity index (χ0) is 17.2. The zero-order valence-corrected chi connectivity index (χ0v) is 16.4. The lowest BCUT2D eigenvalue weighted by Gasteiger charge is -2.19. The van der Waals surface area contributed by atoms with Crippen molar-refractivity contribution in [2.75, 3.05) is 25.2 Å². The molecular weight excluding hydrogens is 307 g/mol. The minimum atomic E-state index is -1.86. The first-order valence-corrected chi connectivity index (χ1v) is 12.5. The molecule has 0 fully saturated rings. The van der Waals surface area contributed by atoms with Crippen LogP contribution in [0.4, 0.5) is 0 Å². The molecule has 0 heterocycles. The molecule has 0 unspecified atom stereocenters. The van der Waals surface area contributed by atoms with Crippen molar-refractivity contribution in [3.63, 3.8) is 0 Å². The molecule has 0 atom stereocenters. The van der Waals surface area contributed by atoms with Gasteiger partial charge in [-0.25, -0.2) is 0 Å². The maximum absolute atomic E-state index is 9.31. The summed E-state index contributed by atoms with van der Waals surface area (Å²) in [6.07, 6.45) is 19.5. The van der Waals surface area contributed by atoms with Gasteiger partial charge in [0, 0.05) is 0 Å². The smallest absolute Gasteiger partial charge is 0.158 e. The molecule has 0 saturated heterocycles. The molecule has 140 valence electrons. The van der Waals surface area contributed by atoms with E-state index in [1.54, 1.807) is 0 Å². The molecule has 0 aromatic carbocycles. The maximum atomic E-state index is 9.31. The van der Waals surface area contributed by atoms with Gasteiger partial charge in [0.2, 0.25) is 0 Å². The van der Waals surface area contributed by atoms with E-state index >= 15 is 0 Å². The highest BCUT2D eigenvalue weighted by Gasteiger charge is 2.34. The highest BCUT2D eigenvalue weighted by molar-refractivity contribution is 7.75. The Morgan fingerprint density at radius 1 is 0.478 bits per heavy atom. The lowest BCUT2D eigenvalue weighted by Crippen LogP contribution is -2.11. The van der Waals surface area contributed by atoms with Crippen LogP contribution in [-0.2, 0) is 0 Å². The highest BCUT2D eigenvalue weighted by atomic mass is 31.2. The highest BCUT2D eigenvalue weighted by Crippen LogP contribution is 2.56. The van der Waals surface area contributed by atoms with E-state index < -0.39 is 7.26 Å². The van der Waals surface area contributed by atoms with E-state index in [-0.39, 0.29) is 19.0 Å². The van der Waals surface area contributed by atoms with Crippen molar-refractivity contribution in [1.29, 1.82) is 0 Å². The van der Waals surface area contributed by atoms with Crippen LogP contribution in [0.15, 0.2) is 0 Å². The molecule has 0 saturated carbocycles. The molecule has 0 bridgehead atoms. The normalized spacial score (nSPS) is 12.0. The van der Waals surface area contributed by atoms with E-state index in [4.69, 9.17) is 0 Å². The van der Waals surface area contributed by atoms with Crippen molar-refractivity contribution >= 4 is 7.26 Å². The van der Waals surface area contributed by atoms with Crippen LogP contribution >= 0.6 is 7.26 Å². The SMILES string of the molecule is CCCCCCCCCCCCCCCC[P+](CO)(CO)CO. The van der Waals surface area contributed by atoms with E-state index in [0.717, 1.165) is 12.6 Å². The fourth-order valence-corrected chi connectivity index (χ4v) is 4.58. The van der Waals surface area contributed by atoms with Crippen LogP contribution in [0.3, 0.4) is 0 Å². The first-order chi connectivity index (χ1) is 11.2. The van der Waals surface area contributed by atoms with Gasteiger partial charge in [-0.1, -0.05) is 84.0 Å². The second-order valence-electron chi connectivity index (χ2n) is 7.09. The number of rotatable bonds is 18. The van der Waals surface area contributed by atoms with Crippen LogP contribution in [0.25, 0.3) is 0 Å². The molecule has 0 aromatic heterocycles. The van der Waals surface area contributed by atoms with Gasteiger partial charge in [0.1, 0.15) is 0 Å². The molecular formula is C19H42O3P+. The van der Waals surface area contributed by atoms with Gasteiger partial charge >= 0.3 is 0 Å². The Balaban J connectivity index is 3.25. The lowest BCUT2D eigenvalue weighted by molar-refractivity contribution is 0.311. The minimum Gasteiger partial charge on any atom is -0.362 e. The summed E-state index contributed by atoms with van der Waals surface area (Å²) >= 11 is 0. The Labute approximate surface area is 145 Å². The lowest BCUT2D eigenvalue weighted by atomic mass is 10.0. The van der Waals surface area contributed by atoms with Gasteiger partial charge in [0.15, 0.2) is 19.0 Å². The van der Waals surface area contributed by atoms with E-state index in [2.05, 4.69) is 6.92 Å². The molecule has 0 aromatic rings. The maximum Gasteiger partial charge on any atom is 0.158 e. The van der Waals surface area contributed by atoms with Crippen molar-refractivity contribution < 1.29 is 15.3 Å². The average Bonchev–Trinajstić information content (AvgIpc) is 2.59. The predicted octanol–water partition coefficient (Wildman–Crippen LogP) is 5.33. The average molecular weight is 350 g/mol. The van der Waals surface area contributed by atoms with Crippen molar-refractivity contribution in [3.05, 3.63) is 0 Å². The predicted molar refractivity (Wildman–Crippen MR) is 103 cm³/mol. The van der Waals surface area contributed by atoms with Gasteiger partial charge < -0.3 is 15.3 Å². The first-order valence-electron chi connectivity index (χ1n) is 9.92. The summed E-state index contributed by atoms with van der Waals surface area (Å²) in [4.78, 5) is 0. The molecule has 0 amide bonds. The number of unbranched alkanes of at least 4 members (excludes halogenated alkanes) is 13. The van der Waals surface area contributed by atoms with Gasteiger partial charge in [-0.3, -0.25) is 0 Å². The molecule has 0 aliphatic heterocycles. The van der Waals surface area contributed by atoms with Crippen LogP contribution in [-0.4, -0.2) is 40.5 Å². The summed E-state index contributed by atoms with van der Waals surface area (Å²) in [5.74, 6) is 0. The van der Waals surface area contributed by atoms with E-state index in [9.17, 15) is 15.3 Å². The number of aliphatic hydroxyl groups excluding tert-OH is 3. The Morgan fingerprint density at radius 3 is 1.09 bits per heavy atom. The Hall–Kier alpha value is 0.310. The standard InChI is InChI=1S/C19H42O3P/c1-2-3-4-5-6-7-8-9-10-11-12-13-14-15-16-23(17-20,18-21)19-22/h20-22H,2-19H2,1H3/q+1. The van der Waals surface area contributed by atoms with E-state index in [0.29, 0.717) is 0 Å². The van der Waals surface area contributed by atoms with E-state index in [1.165, 1.54) is 83.5 Å². The molecule has 0 aliphatic carbocycles. The quantitative estimate of drug-likeness (QED) is 0.231. The monoisotopic (exact) mass is 349 g/mol. The fraction of sp³-hybridized carbons (Fsp3) is 1.00. The Kier molecular flexibility index (Phi) is 17.4. The van der Waals surface area contributed by atoms with Crippen molar-refractivity contribution in [1.82, 2.24) is 0 Å². The van der Waals surface area contributed by atoms with Gasteiger partial charge in [-0.2, -0.15) is 0 Å². The summed E-state index contributed by atoms with van der Waals surface area (Å²) in [6, 6.07) is 0. The van der Waals surface area contributed by atoms with Gasteiger partial charge in [0.25, 0.3) is 0 Å². The molecule has 23 heavy (non-hydrogen) atoms. The van der Waals surface area contributed by atoms with Crippen molar-refractivity contribution in [2.45, 2.75) is 96.8 Å². The second kappa shape index (κ2) is 17.1. The third-order valence-electron chi connectivity index (χ3n) is 4.89. The van der Waals surface area contributed by atoms with Crippen LogP contribution < -0.4 is 0 Å². The molecule has 0 spiro atoms. The Bertz CT molecular complexity index is 224. The summed E-state index contributed by atoms with van der Waals surface area (Å²) in [6.45, 7) is 2.27. The largest absolute Gasteiger partial charge is 0.362 e. The molecule has 3 nitrogen and oxygen atoms in total. The number of aliphatic hydroxyl groups is 3. The van der Waals surface area contributed by atoms with Gasteiger partial charge in [0.05, 0.1) is 13.4 Å². The van der Waals surface area contributed by atoms with E-state index in [1.807, 2.05) is 0 Å². The molecule has 0 radical (unpaired) electrons. The first kappa shape index (κ1) is 23.3. The summed E-state index contributed by atoms with van der Waals surface area (Å²) < 4.78 is 0. The van der Waals surface area contributed by atoms with Crippen LogP contribution in [0.5, 0.6) is 0 Å². The number of hydrogen-bond acceptors (Lipinski definition) is 3. The second-order valence-corrected chi connectivity index (χ2v) is 11.1. The third kappa shape index (κ3) is 13.3. The zero-order valence-electron chi connectivity index (χ0n) is 15.5. The van der Waals surface area contributed by atoms with Gasteiger partial charge in [-0.05, 0) is 12.8 Å². The Morgan fingerprint density at radius 2 is 0.783 bits per heavy atom. The van der Waals surface area contributed by atoms with Crippen molar-refractivity contribution in [2.24, 2.45) is 0 Å². The minimum absolute atomic E-state index is 0.0154.